The highest BCUT2D eigenvalue weighted by atomic mass is 32.2. The summed E-state index contributed by atoms with van der Waals surface area (Å²) in [6, 6.07) is 1.05. The molecule has 3 atom stereocenters. The fraction of sp³-hybridized carbons (Fsp3) is 1.00. The summed E-state index contributed by atoms with van der Waals surface area (Å²) in [7, 11) is 0. The van der Waals surface area contributed by atoms with E-state index in [-0.39, 0.29) is 17.1 Å². The minimum atomic E-state index is -0.134. The van der Waals surface area contributed by atoms with Gasteiger partial charge in [0, 0.05) is 24.1 Å². The molecule has 2 N–H and O–H groups in total. The van der Waals surface area contributed by atoms with Gasteiger partial charge in [0.15, 0.2) is 0 Å². The molecule has 19 heavy (non-hydrogen) atoms. The zero-order valence-corrected chi connectivity index (χ0v) is 13.0. The predicted molar refractivity (Wildman–Crippen MR) is 79.6 cm³/mol. The normalized spacial score (nSPS) is 40.9. The van der Waals surface area contributed by atoms with Crippen LogP contribution >= 0.6 is 11.8 Å². The summed E-state index contributed by atoms with van der Waals surface area (Å²) in [5.74, 6) is 2.50. The van der Waals surface area contributed by atoms with Crippen LogP contribution in [0.2, 0.25) is 0 Å². The van der Waals surface area contributed by atoms with Gasteiger partial charge in [0.05, 0.1) is 11.7 Å². The summed E-state index contributed by atoms with van der Waals surface area (Å²) in [6.07, 6.45) is 5.49. The summed E-state index contributed by atoms with van der Waals surface area (Å²) in [4.78, 5) is 0. The number of hydrogen-bond acceptors (Lipinski definition) is 4. The molecule has 3 rings (SSSR count). The maximum absolute atomic E-state index is 9.85. The fourth-order valence-corrected chi connectivity index (χ4v) is 4.97. The van der Waals surface area contributed by atoms with Gasteiger partial charge in [-0.2, -0.15) is 11.8 Å². The molecule has 0 amide bonds. The van der Waals surface area contributed by atoms with Crippen molar-refractivity contribution in [1.82, 2.24) is 5.32 Å². The van der Waals surface area contributed by atoms with Crippen molar-refractivity contribution in [1.29, 1.82) is 0 Å². The molecular weight excluding hydrogens is 258 g/mol. The Balaban J connectivity index is 1.57. The van der Waals surface area contributed by atoms with Crippen molar-refractivity contribution in [3.63, 3.8) is 0 Å². The van der Waals surface area contributed by atoms with Gasteiger partial charge in [-0.05, 0) is 43.6 Å². The molecule has 2 heterocycles. The lowest BCUT2D eigenvalue weighted by Crippen LogP contribution is -2.63. The Labute approximate surface area is 120 Å². The van der Waals surface area contributed by atoms with Crippen molar-refractivity contribution in [3.05, 3.63) is 0 Å². The fourth-order valence-electron chi connectivity index (χ4n) is 3.73. The minimum Gasteiger partial charge on any atom is -0.392 e. The summed E-state index contributed by atoms with van der Waals surface area (Å²) >= 11 is 2.06. The minimum absolute atomic E-state index is 0.0356. The third kappa shape index (κ3) is 2.69. The second kappa shape index (κ2) is 5.21. The highest BCUT2D eigenvalue weighted by molar-refractivity contribution is 7.99. The molecule has 0 aromatic carbocycles. The average molecular weight is 285 g/mol. The monoisotopic (exact) mass is 285 g/mol. The number of aliphatic hydroxyl groups excluding tert-OH is 1. The topological polar surface area (TPSA) is 41.5 Å². The molecule has 2 saturated heterocycles. The smallest absolute Gasteiger partial charge is 0.0713 e. The van der Waals surface area contributed by atoms with Gasteiger partial charge in [0.1, 0.15) is 0 Å². The Bertz CT molecular complexity index is 323. The Morgan fingerprint density at radius 2 is 2.00 bits per heavy atom. The van der Waals surface area contributed by atoms with Crippen molar-refractivity contribution < 1.29 is 9.84 Å². The molecule has 110 valence electrons. The van der Waals surface area contributed by atoms with Crippen LogP contribution in [-0.2, 0) is 4.74 Å². The van der Waals surface area contributed by atoms with E-state index < -0.39 is 0 Å². The number of thioether (sulfide) groups is 1. The molecule has 0 aromatic rings. The summed E-state index contributed by atoms with van der Waals surface area (Å²) < 4.78 is 6.14. The van der Waals surface area contributed by atoms with Crippen LogP contribution in [0.5, 0.6) is 0 Å². The van der Waals surface area contributed by atoms with Crippen LogP contribution in [0.1, 0.15) is 46.0 Å². The standard InChI is InChI=1S/C15H27NO2S/c1-14(2)12(9-13(14)17)16-11-3-6-18-15(10-11)4-7-19-8-5-15/h11-13,16-17H,3-10H2,1-2H3. The van der Waals surface area contributed by atoms with Crippen LogP contribution in [0.25, 0.3) is 0 Å². The first kappa shape index (κ1) is 14.2. The molecule has 4 heteroatoms. The first-order valence-electron chi connectivity index (χ1n) is 7.68. The van der Waals surface area contributed by atoms with Gasteiger partial charge in [-0.1, -0.05) is 13.8 Å². The second-order valence-corrected chi connectivity index (χ2v) is 8.35. The van der Waals surface area contributed by atoms with E-state index in [1.54, 1.807) is 0 Å². The zero-order valence-electron chi connectivity index (χ0n) is 12.2. The highest BCUT2D eigenvalue weighted by Crippen LogP contribution is 2.42. The first-order valence-corrected chi connectivity index (χ1v) is 8.83. The van der Waals surface area contributed by atoms with Gasteiger partial charge in [-0.15, -0.1) is 0 Å². The summed E-state index contributed by atoms with van der Waals surface area (Å²) in [6.45, 7) is 5.24. The molecule has 1 saturated carbocycles. The van der Waals surface area contributed by atoms with Gasteiger partial charge in [0.2, 0.25) is 0 Å². The Morgan fingerprint density at radius 1 is 1.26 bits per heavy atom. The maximum Gasteiger partial charge on any atom is 0.0713 e. The van der Waals surface area contributed by atoms with Gasteiger partial charge < -0.3 is 15.2 Å². The van der Waals surface area contributed by atoms with Gasteiger partial charge in [0.25, 0.3) is 0 Å². The third-order valence-electron chi connectivity index (χ3n) is 5.55. The van der Waals surface area contributed by atoms with Crippen molar-refractivity contribution in [2.75, 3.05) is 18.1 Å². The maximum atomic E-state index is 9.85. The van der Waals surface area contributed by atoms with Crippen LogP contribution in [0, 0.1) is 5.41 Å². The second-order valence-electron chi connectivity index (χ2n) is 7.13. The quantitative estimate of drug-likeness (QED) is 0.816. The lowest BCUT2D eigenvalue weighted by Gasteiger charge is -2.52. The molecule has 3 nitrogen and oxygen atoms in total. The molecule has 3 aliphatic rings. The number of rotatable bonds is 2. The Kier molecular flexibility index (Phi) is 3.89. The lowest BCUT2D eigenvalue weighted by atomic mass is 9.64. The zero-order chi connectivity index (χ0) is 13.5. The molecule has 0 bridgehead atoms. The number of ether oxygens (including phenoxy) is 1. The summed E-state index contributed by atoms with van der Waals surface area (Å²) in [5.41, 5.74) is 0.196. The SMILES string of the molecule is CC1(C)C(O)CC1NC1CCOC2(CCSCC2)C1. The largest absolute Gasteiger partial charge is 0.392 e. The van der Waals surface area contributed by atoms with E-state index in [0.29, 0.717) is 12.1 Å². The first-order chi connectivity index (χ1) is 9.02. The number of hydrogen-bond donors (Lipinski definition) is 2. The molecule has 0 aromatic heterocycles. The van der Waals surface area contributed by atoms with Crippen LogP contribution < -0.4 is 5.32 Å². The Morgan fingerprint density at radius 3 is 2.63 bits per heavy atom. The highest BCUT2D eigenvalue weighted by Gasteiger charge is 2.49. The average Bonchev–Trinajstić information content (AvgIpc) is 2.39. The van der Waals surface area contributed by atoms with Crippen LogP contribution in [-0.4, -0.2) is 47.0 Å². The number of nitrogens with one attached hydrogen (secondary N) is 1. The van der Waals surface area contributed by atoms with Crippen LogP contribution in [0.3, 0.4) is 0 Å². The van der Waals surface area contributed by atoms with Crippen molar-refractivity contribution in [3.8, 4) is 0 Å². The van der Waals surface area contributed by atoms with E-state index in [2.05, 4.69) is 30.9 Å². The van der Waals surface area contributed by atoms with Crippen molar-refractivity contribution >= 4 is 11.8 Å². The number of aliphatic hydroxyl groups is 1. The van der Waals surface area contributed by atoms with Crippen LogP contribution in [0.4, 0.5) is 0 Å². The van der Waals surface area contributed by atoms with Crippen molar-refractivity contribution in [2.24, 2.45) is 5.41 Å². The van der Waals surface area contributed by atoms with E-state index in [0.717, 1.165) is 25.9 Å². The van der Waals surface area contributed by atoms with Gasteiger partial charge in [-0.25, -0.2) is 0 Å². The molecule has 1 aliphatic carbocycles. The van der Waals surface area contributed by atoms with E-state index in [9.17, 15) is 5.11 Å². The molecule has 2 aliphatic heterocycles. The van der Waals surface area contributed by atoms with E-state index >= 15 is 0 Å². The molecular formula is C15H27NO2S. The third-order valence-corrected chi connectivity index (χ3v) is 6.54. The Hall–Kier alpha value is 0.230. The lowest BCUT2D eigenvalue weighted by molar-refractivity contribution is -0.112. The van der Waals surface area contributed by atoms with E-state index in [1.165, 1.54) is 24.3 Å². The molecule has 3 fully saturated rings. The van der Waals surface area contributed by atoms with Crippen molar-refractivity contribution in [2.45, 2.75) is 69.7 Å². The summed E-state index contributed by atoms with van der Waals surface area (Å²) in [5, 5.41) is 13.7. The predicted octanol–water partition coefficient (Wildman–Crippen LogP) is 2.18. The van der Waals surface area contributed by atoms with Gasteiger partial charge >= 0.3 is 0 Å². The van der Waals surface area contributed by atoms with E-state index in [1.807, 2.05) is 0 Å². The molecule has 3 unspecified atom stereocenters. The van der Waals surface area contributed by atoms with E-state index in [4.69, 9.17) is 4.74 Å². The molecule has 0 radical (unpaired) electrons. The van der Waals surface area contributed by atoms with Gasteiger partial charge in [-0.3, -0.25) is 0 Å². The van der Waals surface area contributed by atoms with Crippen LogP contribution in [0.15, 0.2) is 0 Å². The molecule has 1 spiro atoms.